The number of carbonyl (C=O) groups is 2. The van der Waals surface area contributed by atoms with Crippen LogP contribution in [0.4, 0.5) is 5.69 Å². The molecule has 0 aliphatic carbocycles. The van der Waals surface area contributed by atoms with E-state index in [-0.39, 0.29) is 25.4 Å². The lowest BCUT2D eigenvalue weighted by molar-refractivity contribution is -0.135. The van der Waals surface area contributed by atoms with Crippen molar-refractivity contribution in [3.8, 4) is 11.5 Å². The summed E-state index contributed by atoms with van der Waals surface area (Å²) < 4.78 is 11.2. The predicted molar refractivity (Wildman–Crippen MR) is 131 cm³/mol. The molecule has 6 nitrogen and oxygen atoms in total. The fourth-order valence-corrected chi connectivity index (χ4v) is 4.47. The SMILES string of the molecule is COc1ccccc1OCCN1C(=O)[C@@](O)(CC(=O)c2cc(C)c(C)cc2C)c2ccccc21. The van der Waals surface area contributed by atoms with Crippen LogP contribution in [0.3, 0.4) is 0 Å². The quantitative estimate of drug-likeness (QED) is 0.502. The summed E-state index contributed by atoms with van der Waals surface area (Å²) >= 11 is 0. The Morgan fingerprint density at radius 2 is 1.59 bits per heavy atom. The van der Waals surface area contributed by atoms with Crippen molar-refractivity contribution in [3.05, 3.63) is 88.5 Å². The molecule has 1 atom stereocenters. The maximum absolute atomic E-state index is 13.5. The first-order valence-electron chi connectivity index (χ1n) is 11.3. The fraction of sp³-hybridized carbons (Fsp3) is 0.286. The van der Waals surface area contributed by atoms with Gasteiger partial charge in [0.2, 0.25) is 0 Å². The maximum Gasteiger partial charge on any atom is 0.264 e. The molecule has 4 rings (SSSR count). The summed E-state index contributed by atoms with van der Waals surface area (Å²) in [4.78, 5) is 28.2. The minimum Gasteiger partial charge on any atom is -0.493 e. The number of ketones is 1. The number of Topliss-reactive ketones (excluding diaryl/α,β-unsaturated/α-hetero) is 1. The number of para-hydroxylation sites is 3. The smallest absolute Gasteiger partial charge is 0.264 e. The molecule has 0 radical (unpaired) electrons. The van der Waals surface area contributed by atoms with Crippen molar-refractivity contribution >= 4 is 17.4 Å². The van der Waals surface area contributed by atoms with Crippen molar-refractivity contribution in [2.24, 2.45) is 0 Å². The number of carbonyl (C=O) groups excluding carboxylic acids is 2. The fourth-order valence-electron chi connectivity index (χ4n) is 4.47. The number of hydrogen-bond acceptors (Lipinski definition) is 5. The van der Waals surface area contributed by atoms with Gasteiger partial charge in [-0.05, 0) is 61.7 Å². The molecular weight excluding hydrogens is 430 g/mol. The van der Waals surface area contributed by atoms with Crippen LogP contribution in [0.5, 0.6) is 11.5 Å². The number of rotatable bonds is 8. The Kier molecular flexibility index (Phi) is 6.44. The van der Waals surface area contributed by atoms with Crippen molar-refractivity contribution in [2.75, 3.05) is 25.2 Å². The molecule has 0 unspecified atom stereocenters. The summed E-state index contributed by atoms with van der Waals surface area (Å²) in [7, 11) is 1.57. The first-order valence-corrected chi connectivity index (χ1v) is 11.3. The lowest BCUT2D eigenvalue weighted by Crippen LogP contribution is -2.43. The zero-order chi connectivity index (χ0) is 24.5. The van der Waals surface area contributed by atoms with Crippen LogP contribution in [-0.2, 0) is 10.4 Å². The van der Waals surface area contributed by atoms with Crippen molar-refractivity contribution in [2.45, 2.75) is 32.8 Å². The molecule has 1 N–H and O–H groups in total. The largest absolute Gasteiger partial charge is 0.493 e. The molecule has 1 heterocycles. The second kappa shape index (κ2) is 9.31. The van der Waals surface area contributed by atoms with Crippen LogP contribution in [0.25, 0.3) is 0 Å². The van der Waals surface area contributed by atoms with Crippen LogP contribution >= 0.6 is 0 Å². The van der Waals surface area contributed by atoms with Crippen molar-refractivity contribution < 1.29 is 24.2 Å². The molecule has 176 valence electrons. The molecule has 6 heteroatoms. The Hall–Kier alpha value is -3.64. The molecule has 0 saturated heterocycles. The van der Waals surface area contributed by atoms with E-state index < -0.39 is 11.5 Å². The van der Waals surface area contributed by atoms with E-state index in [2.05, 4.69) is 0 Å². The number of aryl methyl sites for hydroxylation is 3. The summed E-state index contributed by atoms with van der Waals surface area (Å²) in [5, 5.41) is 11.6. The summed E-state index contributed by atoms with van der Waals surface area (Å²) in [6, 6.07) is 18.1. The van der Waals surface area contributed by atoms with Gasteiger partial charge in [0.15, 0.2) is 22.9 Å². The Morgan fingerprint density at radius 1 is 0.941 bits per heavy atom. The molecule has 1 aliphatic rings. The molecule has 0 bridgehead atoms. The Balaban J connectivity index is 1.57. The van der Waals surface area contributed by atoms with E-state index in [9.17, 15) is 14.7 Å². The first-order chi connectivity index (χ1) is 16.3. The van der Waals surface area contributed by atoms with Crippen LogP contribution < -0.4 is 14.4 Å². The third-order valence-electron chi connectivity index (χ3n) is 6.44. The highest BCUT2D eigenvalue weighted by molar-refractivity contribution is 6.11. The summed E-state index contributed by atoms with van der Waals surface area (Å²) in [5.41, 5.74) is 2.54. The molecule has 0 aromatic heterocycles. The Morgan fingerprint density at radius 3 is 2.32 bits per heavy atom. The average molecular weight is 460 g/mol. The van der Waals surface area contributed by atoms with Gasteiger partial charge in [-0.15, -0.1) is 0 Å². The van der Waals surface area contributed by atoms with Crippen LogP contribution in [0.2, 0.25) is 0 Å². The molecule has 0 saturated carbocycles. The standard InChI is InChI=1S/C28H29NO5/c1-18-15-20(3)21(16-19(18)2)24(30)17-28(32)22-9-5-6-10-23(22)29(27(28)31)13-14-34-26-12-8-7-11-25(26)33-4/h5-12,15-16,32H,13-14,17H2,1-4H3/t28-/m1/s1. The number of aliphatic hydroxyl groups is 1. The van der Waals surface area contributed by atoms with E-state index >= 15 is 0 Å². The number of amides is 1. The van der Waals surface area contributed by atoms with Gasteiger partial charge >= 0.3 is 0 Å². The highest BCUT2D eigenvalue weighted by atomic mass is 16.5. The lowest BCUT2D eigenvalue weighted by Gasteiger charge is -2.23. The van der Waals surface area contributed by atoms with Gasteiger partial charge in [0.25, 0.3) is 5.91 Å². The number of methoxy groups -OCH3 is 1. The van der Waals surface area contributed by atoms with Crippen LogP contribution in [0, 0.1) is 20.8 Å². The molecular formula is C28H29NO5. The van der Waals surface area contributed by atoms with E-state index in [4.69, 9.17) is 9.47 Å². The molecule has 0 fully saturated rings. The lowest BCUT2D eigenvalue weighted by atomic mass is 9.86. The Labute approximate surface area is 199 Å². The van der Waals surface area contributed by atoms with Crippen LogP contribution in [0.15, 0.2) is 60.7 Å². The minimum absolute atomic E-state index is 0.195. The van der Waals surface area contributed by atoms with Crippen LogP contribution in [-0.4, -0.2) is 37.1 Å². The average Bonchev–Trinajstić information content (AvgIpc) is 3.03. The minimum atomic E-state index is -1.93. The molecule has 3 aromatic rings. The number of nitrogens with zero attached hydrogens (tertiary/aromatic N) is 1. The van der Waals surface area contributed by atoms with Gasteiger partial charge in [0.05, 0.1) is 25.8 Å². The number of fused-ring (bicyclic) bond motifs is 1. The zero-order valence-corrected chi connectivity index (χ0v) is 19.9. The highest BCUT2D eigenvalue weighted by Gasteiger charge is 2.50. The Bertz CT molecular complexity index is 1250. The number of anilines is 1. The zero-order valence-electron chi connectivity index (χ0n) is 19.9. The highest BCUT2D eigenvalue weighted by Crippen LogP contribution is 2.43. The van der Waals surface area contributed by atoms with Gasteiger partial charge < -0.3 is 19.5 Å². The van der Waals surface area contributed by atoms with Gasteiger partial charge in [-0.3, -0.25) is 9.59 Å². The van der Waals surface area contributed by atoms with Gasteiger partial charge in [-0.2, -0.15) is 0 Å². The molecule has 3 aromatic carbocycles. The van der Waals surface area contributed by atoms with Gasteiger partial charge in [-0.1, -0.05) is 36.4 Å². The van der Waals surface area contributed by atoms with E-state index in [1.54, 1.807) is 43.5 Å². The van der Waals surface area contributed by atoms with E-state index in [1.165, 1.54) is 4.90 Å². The topological polar surface area (TPSA) is 76.1 Å². The predicted octanol–water partition coefficient (Wildman–Crippen LogP) is 4.51. The van der Waals surface area contributed by atoms with Crippen molar-refractivity contribution in [1.29, 1.82) is 0 Å². The summed E-state index contributed by atoms with van der Waals surface area (Å²) in [6.07, 6.45) is -0.323. The molecule has 34 heavy (non-hydrogen) atoms. The van der Waals surface area contributed by atoms with Crippen LogP contribution in [0.1, 0.15) is 39.0 Å². The molecule has 1 amide bonds. The molecule has 1 aliphatic heterocycles. The normalized spacial score (nSPS) is 17.0. The van der Waals surface area contributed by atoms with Gasteiger partial charge in [-0.25, -0.2) is 0 Å². The number of hydrogen-bond donors (Lipinski definition) is 1. The number of ether oxygens (including phenoxy) is 2. The van der Waals surface area contributed by atoms with E-state index in [1.807, 2.05) is 45.0 Å². The monoisotopic (exact) mass is 459 g/mol. The van der Waals surface area contributed by atoms with Crippen molar-refractivity contribution in [3.63, 3.8) is 0 Å². The second-order valence-electron chi connectivity index (χ2n) is 8.68. The molecule has 0 spiro atoms. The third-order valence-corrected chi connectivity index (χ3v) is 6.44. The van der Waals surface area contributed by atoms with Gasteiger partial charge in [0, 0.05) is 11.1 Å². The summed E-state index contributed by atoms with van der Waals surface area (Å²) in [5.74, 6) is 0.382. The summed E-state index contributed by atoms with van der Waals surface area (Å²) in [6.45, 7) is 6.22. The van der Waals surface area contributed by atoms with Crippen molar-refractivity contribution in [1.82, 2.24) is 0 Å². The van der Waals surface area contributed by atoms with E-state index in [0.29, 0.717) is 28.3 Å². The maximum atomic E-state index is 13.5. The second-order valence-corrected chi connectivity index (χ2v) is 8.68. The van der Waals surface area contributed by atoms with Gasteiger partial charge in [0.1, 0.15) is 6.61 Å². The van der Waals surface area contributed by atoms with E-state index in [0.717, 1.165) is 16.7 Å². The third kappa shape index (κ3) is 4.17. The first kappa shape index (κ1) is 23.5. The number of benzene rings is 3.